The number of hydrogen-bond donors (Lipinski definition) is 3. The van der Waals surface area contributed by atoms with Gasteiger partial charge in [0.25, 0.3) is 5.91 Å². The Hall–Kier alpha value is -2.94. The number of thioether (sulfide) groups is 1. The number of anilines is 2. The number of fused-ring (bicyclic) bond motifs is 1. The molecule has 0 saturated carbocycles. The number of benzene rings is 4. The molecule has 1 unspecified atom stereocenters. The van der Waals surface area contributed by atoms with E-state index in [1.807, 2.05) is 42.5 Å². The molecule has 1 atom stereocenters. The molecule has 0 aliphatic heterocycles. The first-order chi connectivity index (χ1) is 18.1. The number of rotatable bonds is 7. The monoisotopic (exact) mass is 606 g/mol. The Morgan fingerprint density at radius 1 is 0.789 bits per heavy atom. The van der Waals surface area contributed by atoms with E-state index < -0.39 is 33.3 Å². The fourth-order valence-corrected chi connectivity index (χ4v) is 5.66. The largest absolute Gasteiger partial charge is 0.478 e. The molecule has 4 aromatic carbocycles. The van der Waals surface area contributed by atoms with Crippen LogP contribution in [-0.4, -0.2) is 28.1 Å². The summed E-state index contributed by atoms with van der Waals surface area (Å²) < 4.78 is 0. The van der Waals surface area contributed by atoms with Crippen LogP contribution in [0.3, 0.4) is 0 Å². The zero-order chi connectivity index (χ0) is 27.6. The molecule has 38 heavy (non-hydrogen) atoms. The van der Waals surface area contributed by atoms with Crippen molar-refractivity contribution in [3.05, 3.63) is 97.9 Å². The van der Waals surface area contributed by atoms with E-state index >= 15 is 0 Å². The fourth-order valence-electron chi connectivity index (χ4n) is 3.71. The second kappa shape index (κ2) is 11.8. The zero-order valence-electron chi connectivity index (χ0n) is 19.5. The summed E-state index contributed by atoms with van der Waals surface area (Å²) in [5.41, 5.74) is 0.0801. The lowest BCUT2D eigenvalue weighted by molar-refractivity contribution is -0.115. The average Bonchev–Trinajstić information content (AvgIpc) is 2.89. The third kappa shape index (κ3) is 5.87. The Morgan fingerprint density at radius 3 is 2.13 bits per heavy atom. The molecule has 2 amide bonds. The predicted octanol–water partition coefficient (Wildman–Crippen LogP) is 8.52. The normalized spacial score (nSPS) is 11.7. The number of carboxylic acids is 1. The first kappa shape index (κ1) is 28.1. The molecular formula is C27H18Cl4N2O4S. The molecule has 0 fully saturated rings. The first-order valence-corrected chi connectivity index (χ1v) is 13.4. The first-order valence-electron chi connectivity index (χ1n) is 11.0. The third-order valence-electron chi connectivity index (χ3n) is 5.53. The molecule has 6 nitrogen and oxygen atoms in total. The van der Waals surface area contributed by atoms with Crippen molar-refractivity contribution < 1.29 is 19.5 Å². The molecule has 0 aromatic heterocycles. The van der Waals surface area contributed by atoms with Gasteiger partial charge in [-0.15, -0.1) is 11.8 Å². The van der Waals surface area contributed by atoms with E-state index in [2.05, 4.69) is 10.6 Å². The van der Waals surface area contributed by atoms with E-state index in [4.69, 9.17) is 46.4 Å². The Kier molecular flexibility index (Phi) is 8.75. The minimum absolute atomic E-state index is 0.191. The third-order valence-corrected chi connectivity index (χ3v) is 8.43. The molecule has 0 spiro atoms. The Morgan fingerprint density at radius 2 is 1.42 bits per heavy atom. The van der Waals surface area contributed by atoms with Crippen molar-refractivity contribution in [2.75, 3.05) is 10.6 Å². The van der Waals surface area contributed by atoms with Gasteiger partial charge in [0.1, 0.15) is 0 Å². The maximum Gasteiger partial charge on any atom is 0.338 e. The van der Waals surface area contributed by atoms with Gasteiger partial charge in [0.15, 0.2) is 0 Å². The molecule has 0 saturated heterocycles. The SMILES string of the molecule is CC(Sc1cccc(NC(=O)c2c(Cl)c(Cl)c(Cl)c(Cl)c2C(=O)O)c1)C(=O)Nc1cccc2ccccc12. The highest BCUT2D eigenvalue weighted by Gasteiger charge is 2.29. The maximum atomic E-state index is 13.0. The molecule has 4 rings (SSSR count). The van der Waals surface area contributed by atoms with Gasteiger partial charge in [-0.3, -0.25) is 9.59 Å². The minimum Gasteiger partial charge on any atom is -0.478 e. The summed E-state index contributed by atoms with van der Waals surface area (Å²) in [5.74, 6) is -2.52. The van der Waals surface area contributed by atoms with E-state index in [-0.39, 0.29) is 21.0 Å². The van der Waals surface area contributed by atoms with Crippen LogP contribution in [0.25, 0.3) is 10.8 Å². The number of aromatic carboxylic acids is 1. The van der Waals surface area contributed by atoms with Crippen LogP contribution in [-0.2, 0) is 4.79 Å². The molecule has 0 heterocycles. The number of halogens is 4. The molecule has 194 valence electrons. The predicted molar refractivity (Wildman–Crippen MR) is 156 cm³/mol. The van der Waals surface area contributed by atoms with Gasteiger partial charge in [-0.1, -0.05) is 88.9 Å². The summed E-state index contributed by atoms with van der Waals surface area (Å²) in [4.78, 5) is 38.5. The van der Waals surface area contributed by atoms with Crippen molar-refractivity contribution in [1.29, 1.82) is 0 Å². The van der Waals surface area contributed by atoms with E-state index in [1.165, 1.54) is 11.8 Å². The van der Waals surface area contributed by atoms with Crippen LogP contribution in [0.2, 0.25) is 20.1 Å². The standard InChI is InChI=1S/C27H18Cl4N2O4S/c1-13(25(34)33-18-11-4-7-14-6-2-3-10-17(14)18)38-16-9-5-8-15(12-16)32-26(35)19-20(27(36)37)22(29)24(31)23(30)21(19)28/h2-13H,1H3,(H,32,35)(H,33,34)(H,36,37). The van der Waals surface area contributed by atoms with Gasteiger partial charge >= 0.3 is 5.97 Å². The maximum absolute atomic E-state index is 13.0. The summed E-state index contributed by atoms with van der Waals surface area (Å²) in [6.45, 7) is 1.77. The molecule has 0 radical (unpaired) electrons. The lowest BCUT2D eigenvalue weighted by Crippen LogP contribution is -2.22. The number of hydrogen-bond acceptors (Lipinski definition) is 4. The van der Waals surface area contributed by atoms with Gasteiger partial charge in [-0.05, 0) is 36.6 Å². The highest BCUT2D eigenvalue weighted by atomic mass is 35.5. The van der Waals surface area contributed by atoms with Crippen LogP contribution in [0, 0.1) is 0 Å². The summed E-state index contributed by atoms with van der Waals surface area (Å²) in [7, 11) is 0. The fraction of sp³-hybridized carbons (Fsp3) is 0.0741. The summed E-state index contributed by atoms with van der Waals surface area (Å²) >= 11 is 25.5. The van der Waals surface area contributed by atoms with Crippen molar-refractivity contribution in [1.82, 2.24) is 0 Å². The lowest BCUT2D eigenvalue weighted by Gasteiger charge is -2.15. The molecule has 0 bridgehead atoms. The lowest BCUT2D eigenvalue weighted by atomic mass is 10.1. The van der Waals surface area contributed by atoms with Crippen LogP contribution < -0.4 is 10.6 Å². The van der Waals surface area contributed by atoms with Gasteiger partial charge in [0.2, 0.25) is 5.91 Å². The van der Waals surface area contributed by atoms with Crippen molar-refractivity contribution in [3.63, 3.8) is 0 Å². The molecule has 4 aromatic rings. The summed E-state index contributed by atoms with van der Waals surface area (Å²) in [6.07, 6.45) is 0. The van der Waals surface area contributed by atoms with Gasteiger partial charge in [-0.25, -0.2) is 4.79 Å². The van der Waals surface area contributed by atoms with Crippen molar-refractivity contribution >= 4 is 98.1 Å². The molecule has 11 heteroatoms. The minimum atomic E-state index is -1.49. The second-order valence-electron chi connectivity index (χ2n) is 8.07. The molecule has 0 aliphatic rings. The molecule has 0 aliphatic carbocycles. The molecule has 3 N–H and O–H groups in total. The van der Waals surface area contributed by atoms with E-state index in [0.29, 0.717) is 16.3 Å². The van der Waals surface area contributed by atoms with Crippen LogP contribution in [0.15, 0.2) is 71.6 Å². The molecular weight excluding hydrogens is 590 g/mol. The van der Waals surface area contributed by atoms with Gasteiger partial charge in [-0.2, -0.15) is 0 Å². The Labute approximate surface area is 242 Å². The average molecular weight is 608 g/mol. The van der Waals surface area contributed by atoms with Crippen molar-refractivity contribution in [2.45, 2.75) is 17.1 Å². The van der Waals surface area contributed by atoms with E-state index in [9.17, 15) is 19.5 Å². The summed E-state index contributed by atoms with van der Waals surface area (Å²) in [5, 5.41) is 15.4. The van der Waals surface area contributed by atoms with Crippen LogP contribution in [0.5, 0.6) is 0 Å². The number of carbonyl (C=O) groups excluding carboxylic acids is 2. The van der Waals surface area contributed by atoms with E-state index in [0.717, 1.165) is 10.8 Å². The van der Waals surface area contributed by atoms with Crippen LogP contribution >= 0.6 is 58.2 Å². The second-order valence-corrected chi connectivity index (χ2v) is 11.0. The van der Waals surface area contributed by atoms with Gasteiger partial charge in [0.05, 0.1) is 36.5 Å². The Bertz CT molecular complexity index is 1590. The number of carboxylic acid groups (broad SMARTS) is 1. The van der Waals surface area contributed by atoms with Crippen molar-refractivity contribution in [2.24, 2.45) is 0 Å². The highest BCUT2D eigenvalue weighted by molar-refractivity contribution is 8.00. The zero-order valence-corrected chi connectivity index (χ0v) is 23.4. The van der Waals surface area contributed by atoms with E-state index in [1.54, 1.807) is 31.2 Å². The summed E-state index contributed by atoms with van der Waals surface area (Å²) in [6, 6.07) is 20.2. The quantitative estimate of drug-likeness (QED) is 0.111. The highest BCUT2D eigenvalue weighted by Crippen LogP contribution is 2.42. The smallest absolute Gasteiger partial charge is 0.338 e. The van der Waals surface area contributed by atoms with Crippen molar-refractivity contribution in [3.8, 4) is 0 Å². The number of nitrogens with one attached hydrogen (secondary N) is 2. The topological polar surface area (TPSA) is 95.5 Å². The van der Waals surface area contributed by atoms with Crippen LogP contribution in [0.1, 0.15) is 27.6 Å². The van der Waals surface area contributed by atoms with Crippen LogP contribution in [0.4, 0.5) is 11.4 Å². The van der Waals surface area contributed by atoms with Gasteiger partial charge < -0.3 is 15.7 Å². The van der Waals surface area contributed by atoms with Gasteiger partial charge in [0, 0.05) is 21.7 Å². The number of amides is 2. The Balaban J connectivity index is 1.51. The number of carbonyl (C=O) groups is 3.